The zero-order valence-electron chi connectivity index (χ0n) is 13.1. The number of anilines is 2. The number of nitrogens with zero attached hydrogens (tertiary/aromatic N) is 1. The molecule has 0 aliphatic heterocycles. The first kappa shape index (κ1) is 16.7. The summed E-state index contributed by atoms with van der Waals surface area (Å²) in [6.45, 7) is 0. The van der Waals surface area contributed by atoms with Gasteiger partial charge < -0.3 is 10.6 Å². The Morgan fingerprint density at radius 2 is 1.40 bits per heavy atom. The summed E-state index contributed by atoms with van der Waals surface area (Å²) in [5, 5.41) is 5.88. The van der Waals surface area contributed by atoms with Crippen molar-refractivity contribution < 1.29 is 9.59 Å². The molecule has 0 radical (unpaired) electrons. The summed E-state index contributed by atoms with van der Waals surface area (Å²) in [4.78, 5) is 28.6. The standard InChI is InChI=1S/C19H14ClN3O2/c20-16-8-4-5-9-17(16)23-19(25)14-10-13(11-21-12-14)18(24)22-15-6-2-1-3-7-15/h1-12H,(H,22,24)(H,23,25). The lowest BCUT2D eigenvalue weighted by atomic mass is 10.1. The molecule has 0 atom stereocenters. The van der Waals surface area contributed by atoms with Crippen molar-refractivity contribution in [1.29, 1.82) is 0 Å². The zero-order chi connectivity index (χ0) is 17.6. The van der Waals surface area contributed by atoms with Gasteiger partial charge in [-0.25, -0.2) is 0 Å². The molecule has 0 aliphatic rings. The van der Waals surface area contributed by atoms with Gasteiger partial charge in [0.2, 0.25) is 0 Å². The van der Waals surface area contributed by atoms with Crippen LogP contribution < -0.4 is 10.6 Å². The third kappa shape index (κ3) is 4.22. The Morgan fingerprint density at radius 3 is 2.08 bits per heavy atom. The molecule has 0 fully saturated rings. The second-order valence-corrected chi connectivity index (χ2v) is 5.62. The minimum Gasteiger partial charge on any atom is -0.322 e. The fourth-order valence-corrected chi connectivity index (χ4v) is 2.35. The number of nitrogens with one attached hydrogen (secondary N) is 2. The minimum absolute atomic E-state index is 0.264. The zero-order valence-corrected chi connectivity index (χ0v) is 13.8. The first-order valence-electron chi connectivity index (χ1n) is 7.51. The lowest BCUT2D eigenvalue weighted by molar-refractivity contribution is 0.102. The SMILES string of the molecule is O=C(Nc1ccccc1)c1cncc(C(=O)Nc2ccccc2Cl)c1. The molecule has 5 nitrogen and oxygen atoms in total. The van der Waals surface area contributed by atoms with Gasteiger partial charge in [0.1, 0.15) is 0 Å². The third-order valence-electron chi connectivity index (χ3n) is 3.42. The van der Waals surface area contributed by atoms with E-state index in [1.165, 1.54) is 18.5 Å². The van der Waals surface area contributed by atoms with Crippen LogP contribution in [0.2, 0.25) is 5.02 Å². The number of aromatic nitrogens is 1. The van der Waals surface area contributed by atoms with Crippen LogP contribution >= 0.6 is 11.6 Å². The Kier molecular flexibility index (Phi) is 5.06. The summed E-state index contributed by atoms with van der Waals surface area (Å²) in [5.74, 6) is -0.735. The lowest BCUT2D eigenvalue weighted by Crippen LogP contribution is -2.16. The van der Waals surface area contributed by atoms with Crippen molar-refractivity contribution in [2.24, 2.45) is 0 Å². The normalized spacial score (nSPS) is 10.1. The van der Waals surface area contributed by atoms with Crippen LogP contribution in [0.25, 0.3) is 0 Å². The fraction of sp³-hybridized carbons (Fsp3) is 0. The van der Waals surface area contributed by atoms with Crippen molar-refractivity contribution in [3.05, 3.63) is 89.2 Å². The highest BCUT2D eigenvalue weighted by Crippen LogP contribution is 2.21. The van der Waals surface area contributed by atoms with Gasteiger partial charge in [-0.15, -0.1) is 0 Å². The van der Waals surface area contributed by atoms with Gasteiger partial charge in [0.05, 0.1) is 21.8 Å². The molecule has 124 valence electrons. The van der Waals surface area contributed by atoms with Gasteiger partial charge >= 0.3 is 0 Å². The first-order valence-corrected chi connectivity index (χ1v) is 7.88. The number of rotatable bonds is 4. The predicted molar refractivity (Wildman–Crippen MR) is 98.0 cm³/mol. The van der Waals surface area contributed by atoms with Gasteiger partial charge in [-0.2, -0.15) is 0 Å². The van der Waals surface area contributed by atoms with Gasteiger partial charge in [-0.05, 0) is 30.3 Å². The average molecular weight is 352 g/mol. The molecule has 1 aromatic heterocycles. The molecule has 0 aliphatic carbocycles. The number of halogens is 1. The number of pyridine rings is 1. The fourth-order valence-electron chi connectivity index (χ4n) is 2.17. The average Bonchev–Trinajstić information content (AvgIpc) is 2.64. The van der Waals surface area contributed by atoms with E-state index in [4.69, 9.17) is 11.6 Å². The molecule has 0 bridgehead atoms. The number of hydrogen-bond donors (Lipinski definition) is 2. The number of para-hydroxylation sites is 2. The number of benzene rings is 2. The smallest absolute Gasteiger partial charge is 0.257 e. The number of amides is 2. The van der Waals surface area contributed by atoms with Crippen LogP contribution in [0.3, 0.4) is 0 Å². The van der Waals surface area contributed by atoms with Gasteiger partial charge in [-0.1, -0.05) is 41.9 Å². The maximum absolute atomic E-state index is 12.4. The van der Waals surface area contributed by atoms with E-state index in [0.717, 1.165) is 0 Å². The first-order chi connectivity index (χ1) is 12.1. The van der Waals surface area contributed by atoms with Crippen molar-refractivity contribution >= 4 is 34.8 Å². The van der Waals surface area contributed by atoms with E-state index in [2.05, 4.69) is 15.6 Å². The van der Waals surface area contributed by atoms with E-state index < -0.39 is 5.91 Å². The van der Waals surface area contributed by atoms with E-state index in [0.29, 0.717) is 16.4 Å². The highest BCUT2D eigenvalue weighted by Gasteiger charge is 2.13. The Balaban J connectivity index is 1.76. The van der Waals surface area contributed by atoms with E-state index in [1.807, 2.05) is 18.2 Å². The van der Waals surface area contributed by atoms with Crippen molar-refractivity contribution in [2.75, 3.05) is 10.6 Å². The van der Waals surface area contributed by atoms with Crippen molar-refractivity contribution in [3.8, 4) is 0 Å². The van der Waals surface area contributed by atoms with Crippen molar-refractivity contribution in [3.63, 3.8) is 0 Å². The maximum Gasteiger partial charge on any atom is 0.257 e. The van der Waals surface area contributed by atoms with E-state index in [-0.39, 0.29) is 17.0 Å². The van der Waals surface area contributed by atoms with Gasteiger partial charge in [0.25, 0.3) is 11.8 Å². The minimum atomic E-state index is -0.394. The van der Waals surface area contributed by atoms with Crippen LogP contribution in [0, 0.1) is 0 Å². The second kappa shape index (κ2) is 7.59. The van der Waals surface area contributed by atoms with Crippen LogP contribution in [-0.2, 0) is 0 Å². The molecule has 3 rings (SSSR count). The Hall–Kier alpha value is -3.18. The summed E-state index contributed by atoms with van der Waals surface area (Å²) in [7, 11) is 0. The second-order valence-electron chi connectivity index (χ2n) is 5.22. The molecule has 3 aromatic rings. The van der Waals surface area contributed by atoms with Crippen LogP contribution in [0.1, 0.15) is 20.7 Å². The highest BCUT2D eigenvalue weighted by atomic mass is 35.5. The van der Waals surface area contributed by atoms with Crippen LogP contribution in [0.15, 0.2) is 73.1 Å². The molecule has 0 saturated carbocycles. The monoisotopic (exact) mass is 351 g/mol. The lowest BCUT2D eigenvalue weighted by Gasteiger charge is -2.08. The molecule has 0 saturated heterocycles. The van der Waals surface area contributed by atoms with E-state index in [9.17, 15) is 9.59 Å². The van der Waals surface area contributed by atoms with Crippen molar-refractivity contribution in [2.45, 2.75) is 0 Å². The molecule has 1 heterocycles. The molecule has 0 unspecified atom stereocenters. The predicted octanol–water partition coefficient (Wildman–Crippen LogP) is 4.24. The molecule has 25 heavy (non-hydrogen) atoms. The quantitative estimate of drug-likeness (QED) is 0.738. The number of carbonyl (C=O) groups excluding carboxylic acids is 2. The molecular weight excluding hydrogens is 338 g/mol. The Morgan fingerprint density at radius 1 is 0.800 bits per heavy atom. The van der Waals surface area contributed by atoms with E-state index in [1.54, 1.807) is 36.4 Å². The van der Waals surface area contributed by atoms with Gasteiger partial charge in [0, 0.05) is 18.1 Å². The molecule has 2 amide bonds. The van der Waals surface area contributed by atoms with Gasteiger partial charge in [0.15, 0.2) is 0 Å². The van der Waals surface area contributed by atoms with E-state index >= 15 is 0 Å². The number of carbonyl (C=O) groups is 2. The summed E-state index contributed by atoms with van der Waals surface area (Å²) in [5.41, 5.74) is 1.71. The van der Waals surface area contributed by atoms with Crippen LogP contribution in [0.4, 0.5) is 11.4 Å². The van der Waals surface area contributed by atoms with Gasteiger partial charge in [-0.3, -0.25) is 14.6 Å². The topological polar surface area (TPSA) is 71.1 Å². The number of hydrogen-bond acceptors (Lipinski definition) is 3. The molecular formula is C19H14ClN3O2. The molecule has 2 aromatic carbocycles. The summed E-state index contributed by atoms with van der Waals surface area (Å²) >= 11 is 6.03. The summed E-state index contributed by atoms with van der Waals surface area (Å²) in [6.07, 6.45) is 2.80. The molecule has 0 spiro atoms. The Labute approximate surface area is 149 Å². The molecule has 2 N–H and O–H groups in total. The Bertz CT molecular complexity index is 913. The largest absolute Gasteiger partial charge is 0.322 e. The summed E-state index contributed by atoms with van der Waals surface area (Å²) < 4.78 is 0. The third-order valence-corrected chi connectivity index (χ3v) is 3.75. The maximum atomic E-state index is 12.4. The van der Waals surface area contributed by atoms with Crippen molar-refractivity contribution in [1.82, 2.24) is 4.98 Å². The molecule has 6 heteroatoms. The van der Waals surface area contributed by atoms with Crippen LogP contribution in [0.5, 0.6) is 0 Å². The van der Waals surface area contributed by atoms with Crippen LogP contribution in [-0.4, -0.2) is 16.8 Å². The summed E-state index contributed by atoms with van der Waals surface area (Å²) in [6, 6.07) is 17.5. The highest BCUT2D eigenvalue weighted by molar-refractivity contribution is 6.33.